The van der Waals surface area contributed by atoms with Crippen LogP contribution in [0.25, 0.3) is 10.9 Å². The van der Waals surface area contributed by atoms with Crippen molar-refractivity contribution in [2.75, 3.05) is 5.75 Å². The van der Waals surface area contributed by atoms with Gasteiger partial charge in [0.05, 0.1) is 0 Å². The van der Waals surface area contributed by atoms with Crippen molar-refractivity contribution in [3.8, 4) is 0 Å². The van der Waals surface area contributed by atoms with Crippen molar-refractivity contribution >= 4 is 29.3 Å². The Kier molecular flexibility index (Phi) is 2.59. The third-order valence-electron chi connectivity index (χ3n) is 2.23. The van der Waals surface area contributed by atoms with Crippen molar-refractivity contribution in [2.24, 2.45) is 0 Å². The number of ketones is 1. The smallest absolute Gasteiger partial charge is 0.165 e. The quantitative estimate of drug-likeness (QED) is 0.586. The monoisotopic (exact) mass is 205 g/mol. The third-order valence-corrected chi connectivity index (χ3v) is 2.45. The average Bonchev–Trinajstić information content (AvgIpc) is 2.61. The number of benzene rings is 1. The van der Waals surface area contributed by atoms with E-state index in [0.29, 0.717) is 12.2 Å². The van der Waals surface area contributed by atoms with Crippen molar-refractivity contribution in [1.82, 2.24) is 4.98 Å². The van der Waals surface area contributed by atoms with Gasteiger partial charge in [-0.2, -0.15) is 12.6 Å². The third kappa shape index (κ3) is 1.55. The van der Waals surface area contributed by atoms with Crippen LogP contribution in [-0.2, 0) is 0 Å². The molecule has 1 N–H and O–H groups in total. The zero-order valence-corrected chi connectivity index (χ0v) is 8.55. The molecular weight excluding hydrogens is 194 g/mol. The van der Waals surface area contributed by atoms with Crippen LogP contribution in [0.2, 0.25) is 0 Å². The lowest BCUT2D eigenvalue weighted by Gasteiger charge is -1.95. The number of aromatic amines is 1. The first-order valence-corrected chi connectivity index (χ1v) is 5.16. The molecule has 1 heterocycles. The van der Waals surface area contributed by atoms with Crippen molar-refractivity contribution in [3.63, 3.8) is 0 Å². The molecule has 2 nitrogen and oxygen atoms in total. The van der Waals surface area contributed by atoms with Gasteiger partial charge in [-0.3, -0.25) is 4.79 Å². The van der Waals surface area contributed by atoms with Gasteiger partial charge in [-0.05, 0) is 11.8 Å². The van der Waals surface area contributed by atoms with Crippen LogP contribution in [0.1, 0.15) is 16.8 Å². The fraction of sp³-hybridized carbons (Fsp3) is 0.182. The van der Waals surface area contributed by atoms with E-state index >= 15 is 0 Å². The molecule has 0 aliphatic rings. The molecule has 0 bridgehead atoms. The number of carbonyl (C=O) groups excluding carboxylic acids is 1. The summed E-state index contributed by atoms with van der Waals surface area (Å²) in [4.78, 5) is 14.7. The lowest BCUT2D eigenvalue weighted by Crippen LogP contribution is -1.97. The number of para-hydroxylation sites is 1. The van der Waals surface area contributed by atoms with E-state index in [1.54, 1.807) is 6.20 Å². The highest BCUT2D eigenvalue weighted by atomic mass is 32.1. The number of fused-ring (bicyclic) bond motifs is 1. The van der Waals surface area contributed by atoms with Crippen molar-refractivity contribution in [1.29, 1.82) is 0 Å². The number of hydrogen-bond donors (Lipinski definition) is 2. The lowest BCUT2D eigenvalue weighted by atomic mass is 10.1. The number of nitrogens with one attached hydrogen (secondary N) is 1. The summed E-state index contributed by atoms with van der Waals surface area (Å²) in [6, 6.07) is 7.81. The predicted octanol–water partition coefficient (Wildman–Crippen LogP) is 2.67. The summed E-state index contributed by atoms with van der Waals surface area (Å²) in [5.41, 5.74) is 1.78. The van der Waals surface area contributed by atoms with E-state index in [9.17, 15) is 4.79 Å². The Morgan fingerprint density at radius 1 is 1.36 bits per heavy atom. The summed E-state index contributed by atoms with van der Waals surface area (Å²) in [5.74, 6) is 0.746. The summed E-state index contributed by atoms with van der Waals surface area (Å²) in [7, 11) is 0. The van der Waals surface area contributed by atoms with Crippen LogP contribution < -0.4 is 0 Å². The van der Waals surface area contributed by atoms with Gasteiger partial charge in [0.2, 0.25) is 0 Å². The van der Waals surface area contributed by atoms with Crippen LogP contribution in [0, 0.1) is 0 Å². The SMILES string of the molecule is O=C(CCS)c1c[nH]c2ccccc12. The van der Waals surface area contributed by atoms with Crippen LogP contribution in [0.3, 0.4) is 0 Å². The number of thiol groups is 1. The fourth-order valence-electron chi connectivity index (χ4n) is 1.54. The minimum Gasteiger partial charge on any atom is -0.360 e. The Hall–Kier alpha value is -1.22. The molecule has 0 amide bonds. The Labute approximate surface area is 87.7 Å². The average molecular weight is 205 g/mol. The van der Waals surface area contributed by atoms with Crippen LogP contribution in [0.4, 0.5) is 0 Å². The van der Waals surface area contributed by atoms with Crippen LogP contribution >= 0.6 is 12.6 Å². The minimum atomic E-state index is 0.150. The number of carbonyl (C=O) groups is 1. The molecule has 3 heteroatoms. The molecule has 2 aromatic rings. The molecule has 0 saturated heterocycles. The van der Waals surface area contributed by atoms with Gasteiger partial charge in [-0.15, -0.1) is 0 Å². The molecule has 1 aromatic heterocycles. The van der Waals surface area contributed by atoms with Gasteiger partial charge in [-0.1, -0.05) is 18.2 Å². The van der Waals surface area contributed by atoms with Crippen LogP contribution in [0.15, 0.2) is 30.5 Å². The molecule has 1 aromatic carbocycles. The first kappa shape index (κ1) is 9.34. The van der Waals surface area contributed by atoms with Gasteiger partial charge < -0.3 is 4.98 Å². The number of hydrogen-bond acceptors (Lipinski definition) is 2. The summed E-state index contributed by atoms with van der Waals surface area (Å²) in [5, 5.41) is 0.999. The number of H-pyrrole nitrogens is 1. The van der Waals surface area contributed by atoms with Crippen molar-refractivity contribution in [2.45, 2.75) is 6.42 Å². The van der Waals surface area contributed by atoms with Gasteiger partial charge in [0.15, 0.2) is 5.78 Å². The summed E-state index contributed by atoms with van der Waals surface area (Å²) in [6.07, 6.45) is 2.27. The van der Waals surface area contributed by atoms with E-state index in [2.05, 4.69) is 17.6 Å². The van der Waals surface area contributed by atoms with Gasteiger partial charge in [0, 0.05) is 29.1 Å². The summed E-state index contributed by atoms with van der Waals surface area (Å²) in [6.45, 7) is 0. The maximum Gasteiger partial charge on any atom is 0.165 e. The van der Waals surface area contributed by atoms with Gasteiger partial charge in [0.1, 0.15) is 0 Å². The second kappa shape index (κ2) is 3.88. The zero-order valence-electron chi connectivity index (χ0n) is 7.66. The van der Waals surface area contributed by atoms with Gasteiger partial charge in [0.25, 0.3) is 0 Å². The molecule has 14 heavy (non-hydrogen) atoms. The molecule has 72 valence electrons. The summed E-state index contributed by atoms with van der Waals surface area (Å²) >= 11 is 4.05. The first-order chi connectivity index (χ1) is 6.83. The van der Waals surface area contributed by atoms with E-state index < -0.39 is 0 Å². The zero-order chi connectivity index (χ0) is 9.97. The highest BCUT2D eigenvalue weighted by molar-refractivity contribution is 7.80. The summed E-state index contributed by atoms with van der Waals surface area (Å²) < 4.78 is 0. The van der Waals surface area contributed by atoms with E-state index in [1.807, 2.05) is 24.3 Å². The van der Waals surface area contributed by atoms with Crippen molar-refractivity contribution in [3.05, 3.63) is 36.0 Å². The fourth-order valence-corrected chi connectivity index (χ4v) is 1.74. The van der Waals surface area contributed by atoms with Gasteiger partial charge in [-0.25, -0.2) is 0 Å². The Bertz CT molecular complexity index is 461. The van der Waals surface area contributed by atoms with Crippen molar-refractivity contribution < 1.29 is 4.79 Å². The molecular formula is C11H11NOS. The Morgan fingerprint density at radius 3 is 2.93 bits per heavy atom. The van der Waals surface area contributed by atoms with E-state index in [1.165, 1.54) is 0 Å². The molecule has 0 unspecified atom stereocenters. The van der Waals surface area contributed by atoms with E-state index in [0.717, 1.165) is 16.5 Å². The molecule has 0 spiro atoms. The minimum absolute atomic E-state index is 0.150. The molecule has 2 rings (SSSR count). The van der Waals surface area contributed by atoms with Crippen LogP contribution in [0.5, 0.6) is 0 Å². The normalized spacial score (nSPS) is 10.6. The maximum absolute atomic E-state index is 11.7. The number of aromatic nitrogens is 1. The molecule has 0 fully saturated rings. The topological polar surface area (TPSA) is 32.9 Å². The second-order valence-corrected chi connectivity index (χ2v) is 3.59. The second-order valence-electron chi connectivity index (χ2n) is 3.14. The molecule has 0 radical (unpaired) electrons. The van der Waals surface area contributed by atoms with E-state index in [4.69, 9.17) is 0 Å². The highest BCUT2D eigenvalue weighted by Crippen LogP contribution is 2.18. The van der Waals surface area contributed by atoms with Crippen LogP contribution in [-0.4, -0.2) is 16.5 Å². The largest absolute Gasteiger partial charge is 0.360 e. The molecule has 0 aliphatic carbocycles. The van der Waals surface area contributed by atoms with Gasteiger partial charge >= 0.3 is 0 Å². The number of rotatable bonds is 3. The van der Waals surface area contributed by atoms with E-state index in [-0.39, 0.29) is 5.78 Å². The lowest BCUT2D eigenvalue weighted by molar-refractivity contribution is 0.0991. The molecule has 0 saturated carbocycles. The predicted molar refractivity (Wildman–Crippen MR) is 61.1 cm³/mol. The maximum atomic E-state index is 11.7. The molecule has 0 atom stereocenters. The highest BCUT2D eigenvalue weighted by Gasteiger charge is 2.09. The Morgan fingerprint density at radius 2 is 2.14 bits per heavy atom. The first-order valence-electron chi connectivity index (χ1n) is 4.53. The Balaban J connectivity index is 2.47. The molecule has 0 aliphatic heterocycles. The standard InChI is InChI=1S/C11H11NOS/c13-11(5-6-14)9-7-12-10-4-2-1-3-8(9)10/h1-4,7,12,14H,5-6H2. The number of Topliss-reactive ketones (excluding diaryl/α,β-unsaturated/α-hetero) is 1.